The van der Waals surface area contributed by atoms with Crippen LogP contribution in [0.3, 0.4) is 0 Å². The van der Waals surface area contributed by atoms with Gasteiger partial charge < -0.3 is 11.5 Å². The number of hydrogen-bond donors (Lipinski definition) is 2. The Hall–Kier alpha value is 0.128. The normalized spacial score (nSPS) is 9.78. The fourth-order valence-electron chi connectivity index (χ4n) is 0. The molecule has 0 saturated carbocycles. The summed E-state index contributed by atoms with van der Waals surface area (Å²) in [6.07, 6.45) is 0. The number of rotatable bonds is 1. The minimum absolute atomic E-state index is 0.958. The summed E-state index contributed by atoms with van der Waals surface area (Å²) in [6, 6.07) is 0. The fraction of sp³-hybridized carbons (Fsp3) is 1.00. The Bertz CT molecular complexity index is 120. The van der Waals surface area contributed by atoms with Crippen molar-refractivity contribution in [1.29, 1.82) is 0 Å². The van der Waals surface area contributed by atoms with Crippen LogP contribution in [0.2, 0.25) is 0 Å². The van der Waals surface area contributed by atoms with Gasteiger partial charge in [0.15, 0.2) is 0 Å². The molecule has 0 amide bonds. The first kappa shape index (κ1) is 11.9. The minimum atomic E-state index is -6.02. The Kier molecular flexibility index (Phi) is 8.24. The van der Waals surface area contributed by atoms with Crippen molar-refractivity contribution < 1.29 is 42.5 Å². The van der Waals surface area contributed by atoms with Crippen LogP contribution < -0.4 is 19.0 Å². The molecule has 0 saturated heterocycles. The van der Waals surface area contributed by atoms with Gasteiger partial charge in [-0.2, -0.15) is 0 Å². The average molecular weight is 222 g/mol. The zero-order valence-corrected chi connectivity index (χ0v) is 6.88. The first-order valence-corrected chi connectivity index (χ1v) is 5.44. The number of quaternary nitrogens is 2. The van der Waals surface area contributed by atoms with Gasteiger partial charge in [0.2, 0.25) is 0 Å². The van der Waals surface area contributed by atoms with Crippen molar-refractivity contribution in [3.63, 3.8) is 0 Å². The van der Waals surface area contributed by atoms with Gasteiger partial charge in [0.05, 0.1) is 0 Å². The second kappa shape index (κ2) is 6.25. The molecule has 0 spiro atoms. The van der Waals surface area contributed by atoms with Crippen molar-refractivity contribution in [2.45, 2.75) is 0 Å². The molecular weight excluding hydrogens is 212 g/mol. The SMILES string of the molecule is [NH3+]CC[NH3+].[O]=[Mo](=[O])([O-])[O-]. The maximum atomic E-state index is 8.63. The first-order valence-electron chi connectivity index (χ1n) is 2.17. The van der Waals surface area contributed by atoms with Crippen LogP contribution in [0, 0.1) is 0 Å². The van der Waals surface area contributed by atoms with E-state index in [1.54, 1.807) is 0 Å². The first-order chi connectivity index (χ1) is 3.91. The summed E-state index contributed by atoms with van der Waals surface area (Å²) in [5.41, 5.74) is 7.08. The molecule has 6 N–H and O–H groups in total. The zero-order valence-electron chi connectivity index (χ0n) is 4.87. The summed E-state index contributed by atoms with van der Waals surface area (Å²) in [7, 11) is 0. The van der Waals surface area contributed by atoms with E-state index in [-0.39, 0.29) is 0 Å². The molecule has 0 aromatic carbocycles. The predicted octanol–water partition coefficient (Wildman–Crippen LogP) is -5.15. The standard InChI is InChI=1S/C2H8N2.Mo.4O/c3-1-2-4;;;;;/h1-4H2;;;;;/q;;;;2*-1/p+2. The molecular formula is C2H10MoN2O4. The molecule has 0 bridgehead atoms. The van der Waals surface area contributed by atoms with Gasteiger partial charge in [0, 0.05) is 0 Å². The van der Waals surface area contributed by atoms with Crippen LogP contribution in [0.1, 0.15) is 0 Å². The molecule has 0 unspecified atom stereocenters. The zero-order chi connectivity index (χ0) is 7.91. The van der Waals surface area contributed by atoms with E-state index in [0.29, 0.717) is 0 Å². The Morgan fingerprint density at radius 2 is 1.22 bits per heavy atom. The summed E-state index contributed by atoms with van der Waals surface area (Å²) in [5.74, 6) is 0. The van der Waals surface area contributed by atoms with Gasteiger partial charge in [-0.05, 0) is 0 Å². The van der Waals surface area contributed by atoms with Gasteiger partial charge >= 0.3 is 31.1 Å². The molecule has 58 valence electrons. The summed E-state index contributed by atoms with van der Waals surface area (Å²) < 4.78 is 34.5. The quantitative estimate of drug-likeness (QED) is 0.428. The molecule has 6 nitrogen and oxygen atoms in total. The van der Waals surface area contributed by atoms with Gasteiger partial charge in [-0.1, -0.05) is 0 Å². The van der Waals surface area contributed by atoms with Gasteiger partial charge in [0.25, 0.3) is 0 Å². The third kappa shape index (κ3) is 240. The van der Waals surface area contributed by atoms with E-state index in [1.807, 2.05) is 0 Å². The molecule has 0 atom stereocenters. The van der Waals surface area contributed by atoms with Crippen molar-refractivity contribution in [3.8, 4) is 0 Å². The molecule has 0 rings (SSSR count). The van der Waals surface area contributed by atoms with Crippen molar-refractivity contribution in [3.05, 3.63) is 0 Å². The van der Waals surface area contributed by atoms with Crippen LogP contribution in [-0.4, -0.2) is 13.1 Å². The molecule has 0 aromatic heterocycles. The Labute approximate surface area is 56.2 Å². The second-order valence-corrected chi connectivity index (χ2v) is 3.12. The van der Waals surface area contributed by atoms with Gasteiger partial charge in [-0.25, -0.2) is 0 Å². The molecule has 0 fully saturated rings. The van der Waals surface area contributed by atoms with E-state index in [0.717, 1.165) is 13.1 Å². The molecule has 0 heterocycles. The second-order valence-electron chi connectivity index (χ2n) is 1.12. The van der Waals surface area contributed by atoms with Crippen LogP contribution in [0.5, 0.6) is 0 Å². The van der Waals surface area contributed by atoms with E-state index in [2.05, 4.69) is 11.5 Å². The van der Waals surface area contributed by atoms with Gasteiger partial charge in [-0.3, -0.25) is 0 Å². The molecule has 0 aliphatic carbocycles. The maximum absolute atomic E-state index is 8.63. The van der Waals surface area contributed by atoms with Crippen LogP contribution in [0.15, 0.2) is 0 Å². The van der Waals surface area contributed by atoms with Crippen LogP contribution in [0.25, 0.3) is 0 Å². The Morgan fingerprint density at radius 3 is 1.22 bits per heavy atom. The predicted molar refractivity (Wildman–Crippen MR) is 16.9 cm³/mol. The monoisotopic (exact) mass is 224 g/mol. The third-order valence-electron chi connectivity index (χ3n) is 0.250. The van der Waals surface area contributed by atoms with Gasteiger partial charge in [0.1, 0.15) is 13.1 Å². The molecule has 0 radical (unpaired) electrons. The van der Waals surface area contributed by atoms with E-state index in [4.69, 9.17) is 14.3 Å². The molecule has 9 heavy (non-hydrogen) atoms. The average Bonchev–Trinajstić information content (AvgIpc) is 1.61. The van der Waals surface area contributed by atoms with Crippen molar-refractivity contribution in [2.24, 2.45) is 0 Å². The molecule has 7 heteroatoms. The fourth-order valence-corrected chi connectivity index (χ4v) is 0. The summed E-state index contributed by atoms with van der Waals surface area (Å²) >= 11 is -6.02. The summed E-state index contributed by atoms with van der Waals surface area (Å²) in [4.78, 5) is 0. The number of hydrogen-bond acceptors (Lipinski definition) is 4. The van der Waals surface area contributed by atoms with Crippen LogP contribution in [-0.2, 0) is 23.5 Å². The van der Waals surface area contributed by atoms with Crippen LogP contribution in [0.4, 0.5) is 0 Å². The van der Waals surface area contributed by atoms with Crippen molar-refractivity contribution in [2.75, 3.05) is 13.1 Å². The topological polar surface area (TPSA) is 136 Å². The van der Waals surface area contributed by atoms with Crippen molar-refractivity contribution in [1.82, 2.24) is 0 Å². The van der Waals surface area contributed by atoms with E-state index in [9.17, 15) is 0 Å². The van der Waals surface area contributed by atoms with Crippen LogP contribution >= 0.6 is 0 Å². The summed E-state index contributed by atoms with van der Waals surface area (Å²) in [5, 5.41) is 0. The molecule has 0 aliphatic heterocycles. The summed E-state index contributed by atoms with van der Waals surface area (Å²) in [6.45, 7) is 1.92. The van der Waals surface area contributed by atoms with Crippen molar-refractivity contribution >= 4 is 0 Å². The van der Waals surface area contributed by atoms with E-state index >= 15 is 0 Å². The molecule has 0 aliphatic rings. The molecule has 0 aromatic rings. The van der Waals surface area contributed by atoms with Gasteiger partial charge in [-0.15, -0.1) is 0 Å². The Balaban J connectivity index is 0. The van der Waals surface area contributed by atoms with E-state index < -0.39 is 16.7 Å². The van der Waals surface area contributed by atoms with E-state index in [1.165, 1.54) is 0 Å². The third-order valence-corrected chi connectivity index (χ3v) is 0.250. The Morgan fingerprint density at radius 1 is 1.11 bits per heavy atom.